The van der Waals surface area contributed by atoms with E-state index in [1.54, 1.807) is 0 Å². The van der Waals surface area contributed by atoms with Gasteiger partial charge in [0.15, 0.2) is 5.75 Å². The van der Waals surface area contributed by atoms with Crippen molar-refractivity contribution in [1.29, 1.82) is 5.26 Å². The Labute approximate surface area is 188 Å². The van der Waals surface area contributed by atoms with Gasteiger partial charge in [0.1, 0.15) is 11.8 Å². The summed E-state index contributed by atoms with van der Waals surface area (Å²) >= 11 is 11.2. The van der Waals surface area contributed by atoms with E-state index in [0.717, 1.165) is 18.2 Å². The summed E-state index contributed by atoms with van der Waals surface area (Å²) in [5.41, 5.74) is -4.55. The first-order valence-electron chi connectivity index (χ1n) is 8.49. The molecule has 0 amide bonds. The molecule has 0 aliphatic heterocycles. The highest BCUT2D eigenvalue weighted by molar-refractivity contribution is 6.68. The van der Waals surface area contributed by atoms with E-state index in [9.17, 15) is 38.1 Å². The summed E-state index contributed by atoms with van der Waals surface area (Å²) in [4.78, 5) is 34.8. The number of ketones is 1. The number of ether oxygens (including phenoxy) is 2. The Kier molecular flexibility index (Phi) is 7.66. The van der Waals surface area contributed by atoms with Crippen LogP contribution in [0.2, 0.25) is 5.02 Å². The zero-order valence-corrected chi connectivity index (χ0v) is 17.2. The minimum absolute atomic E-state index is 0.188. The largest absolute Gasteiger partial charge is 0.492 e. The molecule has 0 radical (unpaired) electrons. The first-order valence-corrected chi connectivity index (χ1v) is 9.24. The van der Waals surface area contributed by atoms with E-state index < -0.39 is 57.8 Å². The molecule has 32 heavy (non-hydrogen) atoms. The van der Waals surface area contributed by atoms with E-state index in [2.05, 4.69) is 0 Å². The van der Waals surface area contributed by atoms with Gasteiger partial charge in [0, 0.05) is 12.5 Å². The van der Waals surface area contributed by atoms with E-state index >= 15 is 0 Å². The molecule has 2 aromatic rings. The summed E-state index contributed by atoms with van der Waals surface area (Å²) < 4.78 is 48.3. The molecule has 0 N–H and O–H groups in total. The highest BCUT2D eigenvalue weighted by atomic mass is 35.5. The third-order valence-corrected chi connectivity index (χ3v) is 4.56. The van der Waals surface area contributed by atoms with Crippen LogP contribution < -0.4 is 9.47 Å². The third kappa shape index (κ3) is 5.46. The Morgan fingerprint density at radius 2 is 1.81 bits per heavy atom. The van der Waals surface area contributed by atoms with Crippen molar-refractivity contribution in [2.45, 2.75) is 18.2 Å². The van der Waals surface area contributed by atoms with Crippen LogP contribution in [0.4, 0.5) is 18.9 Å². The second kappa shape index (κ2) is 9.84. The fourth-order valence-corrected chi connectivity index (χ4v) is 2.84. The van der Waals surface area contributed by atoms with Gasteiger partial charge in [-0.3, -0.25) is 19.7 Å². The Morgan fingerprint density at radius 1 is 1.16 bits per heavy atom. The number of nitriles is 1. The highest BCUT2D eigenvalue weighted by Crippen LogP contribution is 2.35. The van der Waals surface area contributed by atoms with Crippen LogP contribution in [0.3, 0.4) is 0 Å². The molecule has 0 aromatic heterocycles. The molecule has 8 nitrogen and oxygen atoms in total. The van der Waals surface area contributed by atoms with Crippen LogP contribution in [0.25, 0.3) is 0 Å². The van der Waals surface area contributed by atoms with Crippen molar-refractivity contribution in [2.24, 2.45) is 0 Å². The van der Waals surface area contributed by atoms with E-state index in [1.165, 1.54) is 18.2 Å². The number of alkyl halides is 3. The van der Waals surface area contributed by atoms with E-state index in [1.807, 2.05) is 0 Å². The van der Waals surface area contributed by atoms with Gasteiger partial charge in [-0.15, -0.1) is 0 Å². The molecule has 0 fully saturated rings. The van der Waals surface area contributed by atoms with Gasteiger partial charge in [0.05, 0.1) is 22.1 Å². The molecule has 1 unspecified atom stereocenters. The highest BCUT2D eigenvalue weighted by Gasteiger charge is 2.49. The van der Waals surface area contributed by atoms with Crippen LogP contribution >= 0.6 is 23.2 Å². The number of halogens is 5. The Balaban J connectivity index is 2.19. The molecule has 1 atom stereocenters. The summed E-state index contributed by atoms with van der Waals surface area (Å²) in [5.74, 6) is -1.93. The molecule has 0 aliphatic rings. The number of benzene rings is 2. The standard InChI is InChI=1S/C19H11Cl2F3N2O6/c20-12-9-11(19(22,23)24)5-6-14(12)31-8-7-16(27)18(10-25,17(21)28)32-15-4-2-1-3-13(15)26(29)30/h1-6,9H,7-8H2. The Morgan fingerprint density at radius 3 is 2.34 bits per heavy atom. The monoisotopic (exact) mass is 490 g/mol. The number of rotatable bonds is 9. The van der Waals surface area contributed by atoms with E-state index in [0.29, 0.717) is 12.1 Å². The van der Waals surface area contributed by atoms with Gasteiger partial charge in [0.2, 0.25) is 5.78 Å². The number of nitro groups is 1. The topological polar surface area (TPSA) is 120 Å². The molecule has 0 saturated carbocycles. The second-order valence-electron chi connectivity index (χ2n) is 6.06. The van der Waals surface area contributed by atoms with Crippen LogP contribution in [0.1, 0.15) is 12.0 Å². The molecular formula is C19H11Cl2F3N2O6. The predicted molar refractivity (Wildman–Crippen MR) is 105 cm³/mol. The van der Waals surface area contributed by atoms with Crippen molar-refractivity contribution >= 4 is 39.9 Å². The van der Waals surface area contributed by atoms with Crippen LogP contribution in [0.15, 0.2) is 42.5 Å². The maximum Gasteiger partial charge on any atom is 0.416 e. The van der Waals surface area contributed by atoms with Crippen LogP contribution in [0.5, 0.6) is 11.5 Å². The minimum atomic E-state index is -4.62. The lowest BCUT2D eigenvalue weighted by Gasteiger charge is -2.22. The second-order valence-corrected chi connectivity index (χ2v) is 6.81. The average Bonchev–Trinajstić information content (AvgIpc) is 2.72. The maximum absolute atomic E-state index is 12.7. The molecule has 2 rings (SSSR count). The number of hydrogen-bond acceptors (Lipinski definition) is 7. The maximum atomic E-state index is 12.7. The van der Waals surface area contributed by atoms with Gasteiger partial charge in [0.25, 0.3) is 5.24 Å². The van der Waals surface area contributed by atoms with Gasteiger partial charge in [-0.1, -0.05) is 23.7 Å². The van der Waals surface area contributed by atoms with Crippen molar-refractivity contribution < 1.29 is 37.2 Å². The van der Waals surface area contributed by atoms with Gasteiger partial charge in [-0.25, -0.2) is 0 Å². The first kappa shape index (κ1) is 24.9. The van der Waals surface area contributed by atoms with E-state index in [-0.39, 0.29) is 10.8 Å². The lowest BCUT2D eigenvalue weighted by Crippen LogP contribution is -2.49. The normalized spacial score (nSPS) is 12.9. The Hall–Kier alpha value is -3.36. The van der Waals surface area contributed by atoms with Crippen molar-refractivity contribution in [3.8, 4) is 17.6 Å². The molecule has 168 valence electrons. The number of carbonyl (C=O) groups is 2. The van der Waals surface area contributed by atoms with Gasteiger partial charge >= 0.3 is 17.5 Å². The fourth-order valence-electron chi connectivity index (χ4n) is 2.42. The lowest BCUT2D eigenvalue weighted by molar-refractivity contribution is -0.386. The average molecular weight is 491 g/mol. The van der Waals surface area contributed by atoms with Crippen LogP contribution in [-0.2, 0) is 15.8 Å². The number of hydrogen-bond donors (Lipinski definition) is 0. The fraction of sp³-hybridized carbons (Fsp3) is 0.211. The van der Waals surface area contributed by atoms with Gasteiger partial charge < -0.3 is 9.47 Å². The van der Waals surface area contributed by atoms with Crippen molar-refractivity contribution in [3.05, 3.63) is 63.2 Å². The molecule has 2 aromatic carbocycles. The Bertz CT molecular complexity index is 1100. The number of nitrogens with zero attached hydrogens (tertiary/aromatic N) is 2. The summed E-state index contributed by atoms with van der Waals surface area (Å²) in [7, 11) is 0. The quantitative estimate of drug-likeness (QED) is 0.216. The molecule has 0 aliphatic carbocycles. The first-order chi connectivity index (χ1) is 14.9. The zero-order valence-electron chi connectivity index (χ0n) is 15.7. The molecule has 13 heteroatoms. The molecule has 0 bridgehead atoms. The van der Waals surface area contributed by atoms with E-state index in [4.69, 9.17) is 32.7 Å². The van der Waals surface area contributed by atoms with Crippen LogP contribution in [0, 0.1) is 21.4 Å². The minimum Gasteiger partial charge on any atom is -0.492 e. The summed E-state index contributed by atoms with van der Waals surface area (Å²) in [6, 6.07) is 8.29. The zero-order chi connectivity index (χ0) is 24.1. The van der Waals surface area contributed by atoms with Crippen molar-refractivity contribution in [1.82, 2.24) is 0 Å². The van der Waals surface area contributed by atoms with Gasteiger partial charge in [-0.2, -0.15) is 18.4 Å². The predicted octanol–water partition coefficient (Wildman–Crippen LogP) is 4.71. The number of nitro benzene ring substituents is 1. The SMILES string of the molecule is N#CC(Oc1ccccc1[N+](=O)[O-])(C(=O)Cl)C(=O)CCOc1ccc(C(F)(F)F)cc1Cl. The smallest absolute Gasteiger partial charge is 0.416 e. The molecule has 0 heterocycles. The molecule has 0 spiro atoms. The third-order valence-electron chi connectivity index (χ3n) is 4.00. The molecule has 0 saturated heterocycles. The number of Topliss-reactive ketones (excluding diaryl/α,β-unsaturated/α-hetero) is 1. The lowest BCUT2D eigenvalue weighted by atomic mass is 9.99. The number of para-hydroxylation sites is 2. The summed E-state index contributed by atoms with van der Waals surface area (Å²) in [6.45, 7) is -0.516. The van der Waals surface area contributed by atoms with Crippen LogP contribution in [-0.4, -0.2) is 28.2 Å². The van der Waals surface area contributed by atoms with Gasteiger partial charge in [-0.05, 0) is 35.9 Å². The molecular weight excluding hydrogens is 480 g/mol. The number of carbonyl (C=O) groups excluding carboxylic acids is 2. The summed E-state index contributed by atoms with van der Waals surface area (Å²) in [6.07, 6.45) is -5.29. The van der Waals surface area contributed by atoms with Crippen molar-refractivity contribution in [3.63, 3.8) is 0 Å². The van der Waals surface area contributed by atoms with Crippen molar-refractivity contribution in [2.75, 3.05) is 6.61 Å². The summed E-state index contributed by atoms with van der Waals surface area (Å²) in [5, 5.41) is 18.6.